The Morgan fingerprint density at radius 3 is 2.64 bits per heavy atom. The molecule has 0 aromatic carbocycles. The van der Waals surface area contributed by atoms with E-state index in [9.17, 15) is 13.2 Å². The summed E-state index contributed by atoms with van der Waals surface area (Å²) in [5, 5.41) is 3.25. The van der Waals surface area contributed by atoms with Gasteiger partial charge in [-0.25, -0.2) is 9.50 Å². The van der Waals surface area contributed by atoms with Crippen LogP contribution >= 0.6 is 0 Å². The van der Waals surface area contributed by atoms with Crippen LogP contribution < -0.4 is 5.73 Å². The average molecular weight is 202 g/mol. The van der Waals surface area contributed by atoms with Crippen LogP contribution in [-0.4, -0.2) is 14.6 Å². The fourth-order valence-electron chi connectivity index (χ4n) is 1.02. The van der Waals surface area contributed by atoms with E-state index in [0.717, 1.165) is 4.52 Å². The molecule has 0 unspecified atom stereocenters. The molecule has 2 rings (SSSR count). The van der Waals surface area contributed by atoms with Gasteiger partial charge in [-0.05, 0) is 12.1 Å². The number of hydrogen-bond donors (Lipinski definition) is 1. The maximum Gasteiger partial charge on any atom is 0.453 e. The molecule has 0 aliphatic rings. The molecule has 4 nitrogen and oxygen atoms in total. The second-order valence-corrected chi connectivity index (χ2v) is 2.70. The van der Waals surface area contributed by atoms with Crippen LogP contribution in [0.15, 0.2) is 18.3 Å². The summed E-state index contributed by atoms with van der Waals surface area (Å²) >= 11 is 0. The van der Waals surface area contributed by atoms with Crippen LogP contribution in [0.25, 0.3) is 5.65 Å². The highest BCUT2D eigenvalue weighted by molar-refractivity contribution is 5.46. The molecule has 2 aromatic rings. The second-order valence-electron chi connectivity index (χ2n) is 2.70. The van der Waals surface area contributed by atoms with Crippen LogP contribution in [0.3, 0.4) is 0 Å². The number of nitrogens with two attached hydrogens (primary N) is 1. The third-order valence-corrected chi connectivity index (χ3v) is 1.61. The molecule has 2 heterocycles. The molecule has 2 aromatic heterocycles. The van der Waals surface area contributed by atoms with Crippen LogP contribution in [-0.2, 0) is 6.18 Å². The summed E-state index contributed by atoms with van der Waals surface area (Å²) in [6, 6.07) is 2.84. The Hall–Kier alpha value is -1.79. The molecule has 0 aliphatic carbocycles. The Bertz CT molecular complexity index is 473. The van der Waals surface area contributed by atoms with Gasteiger partial charge in [0, 0.05) is 0 Å². The van der Waals surface area contributed by atoms with E-state index >= 15 is 0 Å². The summed E-state index contributed by atoms with van der Waals surface area (Å²) in [6.07, 6.45) is -3.25. The van der Waals surface area contributed by atoms with Gasteiger partial charge >= 0.3 is 6.18 Å². The molecule has 0 amide bonds. The lowest BCUT2D eigenvalue weighted by atomic mass is 10.4. The van der Waals surface area contributed by atoms with Crippen molar-refractivity contribution >= 4 is 11.3 Å². The van der Waals surface area contributed by atoms with Crippen molar-refractivity contribution < 1.29 is 13.2 Å². The van der Waals surface area contributed by atoms with Crippen LogP contribution in [0.2, 0.25) is 0 Å². The minimum Gasteiger partial charge on any atom is -0.397 e. The highest BCUT2D eigenvalue weighted by Crippen LogP contribution is 2.26. The lowest BCUT2D eigenvalue weighted by molar-refractivity contribution is -0.144. The van der Waals surface area contributed by atoms with E-state index in [1.54, 1.807) is 0 Å². The third kappa shape index (κ3) is 1.36. The Labute approximate surface area is 76.2 Å². The van der Waals surface area contributed by atoms with Gasteiger partial charge in [0.15, 0.2) is 5.65 Å². The van der Waals surface area contributed by atoms with E-state index in [-0.39, 0.29) is 5.65 Å². The number of halogens is 3. The molecule has 0 radical (unpaired) electrons. The van der Waals surface area contributed by atoms with Crippen molar-refractivity contribution in [2.24, 2.45) is 0 Å². The molecule has 0 spiro atoms. The van der Waals surface area contributed by atoms with E-state index in [1.165, 1.54) is 18.3 Å². The zero-order chi connectivity index (χ0) is 10.3. The summed E-state index contributed by atoms with van der Waals surface area (Å²) in [6.45, 7) is 0. The van der Waals surface area contributed by atoms with Crippen molar-refractivity contribution in [3.8, 4) is 0 Å². The van der Waals surface area contributed by atoms with Crippen LogP contribution in [0.5, 0.6) is 0 Å². The normalized spacial score (nSPS) is 12.2. The molecule has 0 atom stereocenters. The van der Waals surface area contributed by atoms with E-state index in [4.69, 9.17) is 5.73 Å². The zero-order valence-corrected chi connectivity index (χ0v) is 6.78. The van der Waals surface area contributed by atoms with Crippen molar-refractivity contribution in [2.75, 3.05) is 5.73 Å². The number of nitrogens with zero attached hydrogens (tertiary/aromatic N) is 3. The summed E-state index contributed by atoms with van der Waals surface area (Å²) in [5.74, 6) is -1.16. The van der Waals surface area contributed by atoms with Crippen molar-refractivity contribution in [1.82, 2.24) is 14.6 Å². The number of hydrogen-bond acceptors (Lipinski definition) is 3. The monoisotopic (exact) mass is 202 g/mol. The summed E-state index contributed by atoms with van der Waals surface area (Å²) in [5.41, 5.74) is 5.82. The van der Waals surface area contributed by atoms with Gasteiger partial charge in [0.2, 0.25) is 0 Å². The molecule has 0 bridgehead atoms. The number of rotatable bonds is 0. The molecule has 0 fully saturated rings. The zero-order valence-electron chi connectivity index (χ0n) is 6.78. The lowest BCUT2D eigenvalue weighted by Gasteiger charge is -1.96. The predicted octanol–water partition coefficient (Wildman–Crippen LogP) is 1.33. The summed E-state index contributed by atoms with van der Waals surface area (Å²) in [4.78, 5) is 3.30. The summed E-state index contributed by atoms with van der Waals surface area (Å²) in [7, 11) is 0. The smallest absolute Gasteiger partial charge is 0.397 e. The molecule has 0 saturated heterocycles. The van der Waals surface area contributed by atoms with Gasteiger partial charge in [0.1, 0.15) is 0 Å². The van der Waals surface area contributed by atoms with Crippen molar-refractivity contribution in [2.45, 2.75) is 6.18 Å². The molecule has 0 aliphatic heterocycles. The number of nitrogen functional groups attached to an aromatic ring is 1. The second kappa shape index (κ2) is 2.60. The van der Waals surface area contributed by atoms with E-state index < -0.39 is 12.0 Å². The van der Waals surface area contributed by atoms with Gasteiger partial charge in [-0.15, -0.1) is 5.10 Å². The maximum atomic E-state index is 12.2. The Kier molecular flexibility index (Phi) is 1.63. The standard InChI is InChI=1S/C7H5F3N4/c8-7(9,10)6-12-5-2-1-4(11)3-14(5)13-6/h1-3H,11H2. The van der Waals surface area contributed by atoms with Gasteiger partial charge in [0.25, 0.3) is 5.82 Å². The van der Waals surface area contributed by atoms with E-state index in [0.29, 0.717) is 5.69 Å². The highest BCUT2D eigenvalue weighted by atomic mass is 19.4. The van der Waals surface area contributed by atoms with Gasteiger partial charge in [0.05, 0.1) is 11.9 Å². The minimum absolute atomic E-state index is 0.117. The van der Waals surface area contributed by atoms with Crippen LogP contribution in [0, 0.1) is 0 Å². The molecule has 14 heavy (non-hydrogen) atoms. The fraction of sp³-hybridized carbons (Fsp3) is 0.143. The first kappa shape index (κ1) is 8.79. The van der Waals surface area contributed by atoms with Crippen molar-refractivity contribution in [1.29, 1.82) is 0 Å². The first-order valence-corrected chi connectivity index (χ1v) is 3.66. The molecule has 7 heteroatoms. The van der Waals surface area contributed by atoms with E-state index in [2.05, 4.69) is 10.1 Å². The highest BCUT2D eigenvalue weighted by Gasteiger charge is 2.36. The Morgan fingerprint density at radius 2 is 2.00 bits per heavy atom. The molecule has 2 N–H and O–H groups in total. The first-order chi connectivity index (χ1) is 6.47. The fourth-order valence-corrected chi connectivity index (χ4v) is 1.02. The molecular weight excluding hydrogens is 197 g/mol. The predicted molar refractivity (Wildman–Crippen MR) is 42.4 cm³/mol. The maximum absolute atomic E-state index is 12.2. The Balaban J connectivity index is 2.63. The van der Waals surface area contributed by atoms with Gasteiger partial charge in [-0.3, -0.25) is 0 Å². The van der Waals surface area contributed by atoms with Gasteiger partial charge < -0.3 is 5.73 Å². The Morgan fingerprint density at radius 1 is 1.29 bits per heavy atom. The summed E-state index contributed by atoms with van der Waals surface area (Å²) < 4.78 is 37.5. The number of pyridine rings is 1. The number of fused-ring (bicyclic) bond motifs is 1. The lowest BCUT2D eigenvalue weighted by Crippen LogP contribution is -2.07. The largest absolute Gasteiger partial charge is 0.453 e. The van der Waals surface area contributed by atoms with Crippen LogP contribution in [0.1, 0.15) is 5.82 Å². The average Bonchev–Trinajstić information content (AvgIpc) is 2.45. The van der Waals surface area contributed by atoms with Crippen molar-refractivity contribution in [3.63, 3.8) is 0 Å². The molecule has 0 saturated carbocycles. The van der Waals surface area contributed by atoms with Crippen molar-refractivity contribution in [3.05, 3.63) is 24.2 Å². The number of aromatic nitrogens is 3. The van der Waals surface area contributed by atoms with Gasteiger partial charge in [-0.2, -0.15) is 13.2 Å². The first-order valence-electron chi connectivity index (χ1n) is 3.66. The molecular formula is C7H5F3N4. The van der Waals surface area contributed by atoms with Gasteiger partial charge in [-0.1, -0.05) is 0 Å². The van der Waals surface area contributed by atoms with Crippen LogP contribution in [0.4, 0.5) is 18.9 Å². The molecule has 74 valence electrons. The third-order valence-electron chi connectivity index (χ3n) is 1.61. The topological polar surface area (TPSA) is 56.2 Å². The number of anilines is 1. The quantitative estimate of drug-likeness (QED) is 0.701. The minimum atomic E-state index is -4.53. The number of alkyl halides is 3. The SMILES string of the molecule is Nc1ccc2nc(C(F)(F)F)nn2c1. The van der Waals surface area contributed by atoms with E-state index in [1.807, 2.05) is 0 Å².